The number of hydrogen-bond donors (Lipinski definition) is 5. The molecule has 60 heavy (non-hydrogen) atoms. The molecule has 0 saturated heterocycles. The van der Waals surface area contributed by atoms with Crippen LogP contribution in [0, 0.1) is 0 Å². The lowest BCUT2D eigenvalue weighted by atomic mass is 10.1. The number of aromatic hydroxyl groups is 2. The van der Waals surface area contributed by atoms with Gasteiger partial charge in [0.2, 0.25) is 0 Å². The van der Waals surface area contributed by atoms with Crippen molar-refractivity contribution < 1.29 is 34.4 Å². The molecule has 6 rings (SSSR count). The highest BCUT2D eigenvalue weighted by Crippen LogP contribution is 2.40. The third kappa shape index (κ3) is 14.9. The van der Waals surface area contributed by atoms with E-state index >= 15 is 0 Å². The number of nitrogens with one attached hydrogen (secondary N) is 2. The number of halogens is 4. The number of ether oxygens (including phenoxy) is 2. The van der Waals surface area contributed by atoms with E-state index in [0.29, 0.717) is 57.0 Å². The van der Waals surface area contributed by atoms with E-state index in [9.17, 15) is 19.8 Å². The summed E-state index contributed by atoms with van der Waals surface area (Å²) in [5.74, 6) is 1.98. The highest BCUT2D eigenvalue weighted by molar-refractivity contribution is 9.11. The smallest absolute Gasteiger partial charge is 0.307 e. The minimum Gasteiger partial charge on any atom is -0.508 e. The Morgan fingerprint density at radius 2 is 0.917 bits per heavy atom. The van der Waals surface area contributed by atoms with Gasteiger partial charge in [-0.05, 0) is 179 Å². The minimum absolute atomic E-state index is 0.0739. The van der Waals surface area contributed by atoms with Gasteiger partial charge in [0.1, 0.15) is 28.8 Å². The number of carboxylic acids is 1. The van der Waals surface area contributed by atoms with Gasteiger partial charge in [0.25, 0.3) is 0 Å². The molecule has 0 atom stereocenters. The predicted octanol–water partition coefficient (Wildman–Crippen LogP) is 11.8. The van der Waals surface area contributed by atoms with Crippen LogP contribution in [-0.4, -0.2) is 40.2 Å². The van der Waals surface area contributed by atoms with Crippen molar-refractivity contribution in [2.75, 3.05) is 13.1 Å². The molecule has 312 valence electrons. The van der Waals surface area contributed by atoms with E-state index in [1.165, 1.54) is 11.1 Å². The first-order chi connectivity index (χ1) is 28.8. The Hall–Kier alpha value is -4.50. The summed E-state index contributed by atoms with van der Waals surface area (Å²) >= 11 is 13.9. The zero-order valence-electron chi connectivity index (χ0n) is 32.7. The summed E-state index contributed by atoms with van der Waals surface area (Å²) in [5, 5.41) is 36.1. The average molecular weight is 1070 g/mol. The maximum absolute atomic E-state index is 11.4. The number of ketones is 1. The SMILES string of the molecule is CC(=O)Cc1cc(Br)c(Oc2ccc(O)c(CNCCc3ccccc3)c2)c(Br)c1.O=C(O)Cc1cc(Br)c(Oc2ccc(O)c(CNCCc3ccccc3)c2)c(Br)c1. The van der Waals surface area contributed by atoms with Crippen molar-refractivity contribution in [3.05, 3.63) is 173 Å². The Labute approximate surface area is 383 Å². The largest absolute Gasteiger partial charge is 0.508 e. The lowest BCUT2D eigenvalue weighted by Gasteiger charge is -2.14. The van der Waals surface area contributed by atoms with Crippen LogP contribution in [0.15, 0.2) is 139 Å². The van der Waals surface area contributed by atoms with E-state index < -0.39 is 5.97 Å². The first-order valence-electron chi connectivity index (χ1n) is 19.0. The van der Waals surface area contributed by atoms with Gasteiger partial charge in [-0.2, -0.15) is 0 Å². The van der Waals surface area contributed by atoms with Crippen LogP contribution in [-0.2, 0) is 48.4 Å². The first-order valence-corrected chi connectivity index (χ1v) is 22.2. The van der Waals surface area contributed by atoms with Gasteiger partial charge in [0.15, 0.2) is 11.5 Å². The van der Waals surface area contributed by atoms with Crippen LogP contribution >= 0.6 is 63.7 Å². The molecule has 0 unspecified atom stereocenters. The summed E-state index contributed by atoms with van der Waals surface area (Å²) in [4.78, 5) is 22.3. The summed E-state index contributed by atoms with van der Waals surface area (Å²) < 4.78 is 14.8. The van der Waals surface area contributed by atoms with Crippen LogP contribution in [0.4, 0.5) is 0 Å². The van der Waals surface area contributed by atoms with E-state index in [4.69, 9.17) is 14.6 Å². The number of Topliss-reactive ketones (excluding diaryl/α,β-unsaturated/α-hetero) is 1. The van der Waals surface area contributed by atoms with Crippen molar-refractivity contribution in [3.8, 4) is 34.5 Å². The number of carbonyl (C=O) groups is 2. The van der Waals surface area contributed by atoms with Gasteiger partial charge in [-0.3, -0.25) is 9.59 Å². The maximum Gasteiger partial charge on any atom is 0.307 e. The van der Waals surface area contributed by atoms with Gasteiger partial charge in [0, 0.05) is 30.6 Å². The van der Waals surface area contributed by atoms with Crippen LogP contribution in [0.2, 0.25) is 0 Å². The number of carboxylic acid groups (broad SMARTS) is 1. The van der Waals surface area contributed by atoms with Crippen LogP contribution in [0.25, 0.3) is 0 Å². The van der Waals surface area contributed by atoms with Crippen LogP contribution < -0.4 is 20.1 Å². The molecular formula is C47H44Br4N2O7. The molecule has 0 bridgehead atoms. The molecule has 9 nitrogen and oxygen atoms in total. The molecule has 0 aromatic heterocycles. The highest BCUT2D eigenvalue weighted by atomic mass is 79.9. The van der Waals surface area contributed by atoms with Gasteiger partial charge in [-0.15, -0.1) is 0 Å². The third-order valence-electron chi connectivity index (χ3n) is 8.96. The second-order valence-electron chi connectivity index (χ2n) is 13.8. The van der Waals surface area contributed by atoms with Crippen molar-refractivity contribution in [2.24, 2.45) is 0 Å². The number of carbonyl (C=O) groups excluding carboxylic acids is 1. The molecule has 0 radical (unpaired) electrons. The van der Waals surface area contributed by atoms with Gasteiger partial charge < -0.3 is 35.4 Å². The standard InChI is InChI=1S/C24H23Br2NO3.C23H21Br2NO4/c1-16(28)11-18-12-21(25)24(22(26)13-18)30-20-7-8-23(29)19(14-20)15-27-10-9-17-5-3-2-4-6-17;24-19-10-16(12-22(28)29)11-20(25)23(19)30-18-6-7-21(27)17(13-18)14-26-9-8-15-4-2-1-3-5-15/h2-8,12-14,27,29H,9-11,15H2,1H3;1-7,10-11,13,26-27H,8-9,12,14H2,(H,28,29). The van der Waals surface area contributed by atoms with Crippen molar-refractivity contribution >= 4 is 75.5 Å². The third-order valence-corrected chi connectivity index (χ3v) is 11.3. The molecule has 0 aliphatic rings. The Bertz CT molecular complexity index is 2170. The van der Waals surface area contributed by atoms with Crippen molar-refractivity contribution in [3.63, 3.8) is 0 Å². The molecule has 0 aliphatic heterocycles. The second-order valence-corrected chi connectivity index (χ2v) is 17.3. The molecule has 0 aliphatic carbocycles. The topological polar surface area (TPSA) is 137 Å². The number of benzene rings is 6. The fraction of sp³-hybridized carbons (Fsp3) is 0.191. The molecule has 0 heterocycles. The van der Waals surface area contributed by atoms with Gasteiger partial charge in [0.05, 0.1) is 24.3 Å². The summed E-state index contributed by atoms with van der Waals surface area (Å²) in [6.07, 6.45) is 2.12. The zero-order valence-corrected chi connectivity index (χ0v) is 39.0. The van der Waals surface area contributed by atoms with E-state index in [-0.39, 0.29) is 23.7 Å². The lowest BCUT2D eigenvalue weighted by molar-refractivity contribution is -0.136. The Morgan fingerprint density at radius 1 is 0.533 bits per heavy atom. The average Bonchev–Trinajstić information content (AvgIpc) is 3.20. The van der Waals surface area contributed by atoms with Crippen molar-refractivity contribution in [1.82, 2.24) is 10.6 Å². The maximum atomic E-state index is 11.4. The molecule has 13 heteroatoms. The molecule has 6 aromatic carbocycles. The first kappa shape index (κ1) is 46.6. The van der Waals surface area contributed by atoms with Crippen molar-refractivity contribution in [1.29, 1.82) is 0 Å². The zero-order chi connectivity index (χ0) is 43.0. The summed E-state index contributed by atoms with van der Waals surface area (Å²) in [6.45, 7) is 4.21. The Morgan fingerprint density at radius 3 is 1.28 bits per heavy atom. The van der Waals surface area contributed by atoms with Crippen molar-refractivity contribution in [2.45, 2.75) is 45.7 Å². The summed E-state index contributed by atoms with van der Waals surface area (Å²) in [6, 6.07) is 38.0. The minimum atomic E-state index is -0.898. The van der Waals surface area contributed by atoms with Crippen LogP contribution in [0.3, 0.4) is 0 Å². The Kier molecular flexibility index (Phi) is 18.2. The fourth-order valence-corrected chi connectivity index (χ4v) is 8.94. The van der Waals surface area contributed by atoms with E-state index in [2.05, 4.69) is 98.6 Å². The van der Waals surface area contributed by atoms with Crippen LogP contribution in [0.1, 0.15) is 40.3 Å². The molecule has 5 N–H and O–H groups in total. The number of phenols is 2. The normalized spacial score (nSPS) is 10.8. The highest BCUT2D eigenvalue weighted by Gasteiger charge is 2.15. The van der Waals surface area contributed by atoms with E-state index in [1.54, 1.807) is 49.4 Å². The summed E-state index contributed by atoms with van der Waals surface area (Å²) in [5.41, 5.74) is 5.59. The number of phenolic OH excluding ortho intramolecular Hbond substituents is 2. The molecule has 0 saturated carbocycles. The lowest BCUT2D eigenvalue weighted by Crippen LogP contribution is -2.16. The molecule has 6 aromatic rings. The van der Waals surface area contributed by atoms with E-state index in [1.807, 2.05) is 54.6 Å². The van der Waals surface area contributed by atoms with Gasteiger partial charge >= 0.3 is 5.97 Å². The number of rotatable bonds is 18. The second kappa shape index (κ2) is 23.5. The number of aliphatic carboxylic acids is 1. The summed E-state index contributed by atoms with van der Waals surface area (Å²) in [7, 11) is 0. The number of hydrogen-bond acceptors (Lipinski definition) is 8. The van der Waals surface area contributed by atoms with Crippen LogP contribution in [0.5, 0.6) is 34.5 Å². The predicted molar refractivity (Wildman–Crippen MR) is 249 cm³/mol. The van der Waals surface area contributed by atoms with Gasteiger partial charge in [-0.25, -0.2) is 0 Å². The quantitative estimate of drug-likeness (QED) is 0.0533. The Balaban J connectivity index is 0.000000228. The monoisotopic (exact) mass is 1060 g/mol. The molecule has 0 spiro atoms. The van der Waals surface area contributed by atoms with E-state index in [0.717, 1.165) is 51.6 Å². The molecule has 0 amide bonds. The fourth-order valence-electron chi connectivity index (χ4n) is 6.06. The molecular weight excluding hydrogens is 1020 g/mol. The van der Waals surface area contributed by atoms with Gasteiger partial charge in [-0.1, -0.05) is 60.7 Å². The molecule has 0 fully saturated rings.